The first-order chi connectivity index (χ1) is 6.96. The van der Waals surface area contributed by atoms with Crippen LogP contribution in [-0.4, -0.2) is 32.6 Å². The van der Waals surface area contributed by atoms with Crippen LogP contribution in [-0.2, 0) is 4.79 Å². The van der Waals surface area contributed by atoms with Crippen molar-refractivity contribution < 1.29 is 4.79 Å². The van der Waals surface area contributed by atoms with Crippen LogP contribution in [0.4, 0.5) is 0 Å². The van der Waals surface area contributed by atoms with Gasteiger partial charge in [-0.15, -0.1) is 11.8 Å². The molecule has 1 heterocycles. The van der Waals surface area contributed by atoms with Gasteiger partial charge in [-0.3, -0.25) is 4.79 Å². The van der Waals surface area contributed by atoms with Crippen molar-refractivity contribution in [2.45, 2.75) is 37.0 Å². The van der Waals surface area contributed by atoms with Gasteiger partial charge in [0.15, 0.2) is 0 Å². The van der Waals surface area contributed by atoms with Gasteiger partial charge in [-0.25, -0.2) is 0 Å². The number of carbonyl (C=O) groups is 1. The van der Waals surface area contributed by atoms with Crippen molar-refractivity contribution in [2.24, 2.45) is 0 Å². The summed E-state index contributed by atoms with van der Waals surface area (Å²) in [6.07, 6.45) is 2.14. The molecule has 0 aromatic carbocycles. The number of thioether (sulfide) groups is 1. The van der Waals surface area contributed by atoms with Gasteiger partial charge in [-0.05, 0) is 32.4 Å². The molecule has 1 fully saturated rings. The van der Waals surface area contributed by atoms with Gasteiger partial charge in [0, 0.05) is 10.7 Å². The Morgan fingerprint density at radius 1 is 1.53 bits per heavy atom. The predicted octanol–water partition coefficient (Wildman–Crippen LogP) is 2.94. The Morgan fingerprint density at radius 3 is 2.53 bits per heavy atom. The van der Waals surface area contributed by atoms with E-state index in [1.54, 1.807) is 11.8 Å². The molecule has 88 valence electrons. The molecule has 2 nitrogen and oxygen atoms in total. The van der Waals surface area contributed by atoms with E-state index >= 15 is 0 Å². The third-order valence-corrected chi connectivity index (χ3v) is 6.70. The molecule has 0 saturated carbocycles. The van der Waals surface area contributed by atoms with E-state index in [2.05, 4.69) is 37.2 Å². The summed E-state index contributed by atoms with van der Waals surface area (Å²) >= 11 is 8.64. The highest BCUT2D eigenvalue weighted by Gasteiger charge is 2.39. The number of nitrogens with one attached hydrogen (secondary N) is 1. The average molecular weight is 359 g/mol. The lowest BCUT2D eigenvalue weighted by molar-refractivity contribution is -0.124. The zero-order valence-electron chi connectivity index (χ0n) is 9.11. The number of amides is 1. The minimum absolute atomic E-state index is 0.173. The van der Waals surface area contributed by atoms with Gasteiger partial charge < -0.3 is 5.32 Å². The van der Waals surface area contributed by atoms with Crippen LogP contribution in [0.2, 0.25) is 0 Å². The topological polar surface area (TPSA) is 29.1 Å². The summed E-state index contributed by atoms with van der Waals surface area (Å²) in [6.45, 7) is 4.08. The Labute approximate surface area is 113 Å². The lowest BCUT2D eigenvalue weighted by Gasteiger charge is -2.31. The molecular formula is C10H17Br2NOS. The number of rotatable bonds is 4. The molecule has 1 saturated heterocycles. The number of alkyl halides is 2. The number of hydrogen-bond acceptors (Lipinski definition) is 2. The maximum atomic E-state index is 12.1. The quantitative estimate of drug-likeness (QED) is 0.783. The van der Waals surface area contributed by atoms with Gasteiger partial charge in [-0.1, -0.05) is 31.9 Å². The van der Waals surface area contributed by atoms with Crippen molar-refractivity contribution in [3.05, 3.63) is 0 Å². The SMILES string of the molecule is CC(CBr)(CBr)NC(=O)C1(C)CCCS1. The average Bonchev–Trinajstić information content (AvgIpc) is 2.66. The number of halogens is 2. The van der Waals surface area contributed by atoms with Crippen molar-refractivity contribution in [1.82, 2.24) is 5.32 Å². The van der Waals surface area contributed by atoms with Gasteiger partial charge in [0.25, 0.3) is 0 Å². The fourth-order valence-corrected chi connectivity index (χ4v) is 3.89. The van der Waals surface area contributed by atoms with Gasteiger partial charge in [0.05, 0.1) is 10.3 Å². The Morgan fingerprint density at radius 2 is 2.13 bits per heavy atom. The fraction of sp³-hybridized carbons (Fsp3) is 0.900. The molecule has 1 rings (SSSR count). The maximum Gasteiger partial charge on any atom is 0.236 e. The second-order valence-corrected chi connectivity index (χ2v) is 7.18. The summed E-state index contributed by atoms with van der Waals surface area (Å²) in [5.41, 5.74) is -0.191. The van der Waals surface area contributed by atoms with E-state index in [1.165, 1.54) is 0 Å². The molecule has 15 heavy (non-hydrogen) atoms. The minimum atomic E-state index is -0.217. The summed E-state index contributed by atoms with van der Waals surface area (Å²) in [6, 6.07) is 0. The van der Waals surface area contributed by atoms with Crippen LogP contribution in [0.15, 0.2) is 0 Å². The van der Waals surface area contributed by atoms with Crippen LogP contribution in [0.5, 0.6) is 0 Å². The van der Waals surface area contributed by atoms with Crippen molar-refractivity contribution >= 4 is 49.5 Å². The summed E-state index contributed by atoms with van der Waals surface area (Å²) in [4.78, 5) is 12.1. The number of hydrogen-bond donors (Lipinski definition) is 1. The van der Waals surface area contributed by atoms with Crippen LogP contribution in [0, 0.1) is 0 Å². The second-order valence-electron chi connectivity index (χ2n) is 4.46. The van der Waals surface area contributed by atoms with E-state index in [-0.39, 0.29) is 16.2 Å². The van der Waals surface area contributed by atoms with Crippen molar-refractivity contribution in [3.8, 4) is 0 Å². The summed E-state index contributed by atoms with van der Waals surface area (Å²) in [5, 5.41) is 4.64. The first kappa shape index (κ1) is 13.8. The predicted molar refractivity (Wildman–Crippen MR) is 74.2 cm³/mol. The van der Waals surface area contributed by atoms with Crippen LogP contribution >= 0.6 is 43.6 Å². The third kappa shape index (κ3) is 3.37. The Kier molecular flexibility index (Phi) is 4.99. The molecule has 1 aliphatic heterocycles. The molecule has 0 spiro atoms. The molecule has 5 heteroatoms. The Hall–Kier alpha value is 0.780. The molecule has 1 unspecified atom stereocenters. The molecule has 1 N–H and O–H groups in total. The molecule has 0 aromatic heterocycles. The zero-order chi connectivity index (χ0) is 11.5. The van der Waals surface area contributed by atoms with Crippen molar-refractivity contribution in [1.29, 1.82) is 0 Å². The fourth-order valence-electron chi connectivity index (χ4n) is 1.47. The van der Waals surface area contributed by atoms with E-state index in [9.17, 15) is 4.79 Å². The highest BCUT2D eigenvalue weighted by molar-refractivity contribution is 9.09. The first-order valence-corrected chi connectivity index (χ1v) is 8.27. The standard InChI is InChI=1S/C10H17Br2NOS/c1-9(6-11,7-12)13-8(14)10(2)4-3-5-15-10/h3-7H2,1-2H3,(H,13,14). The lowest BCUT2D eigenvalue weighted by atomic mass is 10.0. The molecular weight excluding hydrogens is 342 g/mol. The van der Waals surface area contributed by atoms with Crippen LogP contribution < -0.4 is 5.32 Å². The van der Waals surface area contributed by atoms with Gasteiger partial charge in [-0.2, -0.15) is 0 Å². The molecule has 0 bridgehead atoms. The highest BCUT2D eigenvalue weighted by atomic mass is 79.9. The zero-order valence-corrected chi connectivity index (χ0v) is 13.1. The second kappa shape index (κ2) is 5.41. The summed E-state index contributed by atoms with van der Waals surface area (Å²) < 4.78 is -0.217. The van der Waals surface area contributed by atoms with E-state index in [0.29, 0.717) is 0 Å². The molecule has 0 aliphatic carbocycles. The smallest absolute Gasteiger partial charge is 0.236 e. The maximum absolute atomic E-state index is 12.1. The summed E-state index contributed by atoms with van der Waals surface area (Å²) in [5.74, 6) is 1.27. The van der Waals surface area contributed by atoms with Crippen LogP contribution in [0.1, 0.15) is 26.7 Å². The molecule has 1 amide bonds. The Balaban J connectivity index is 2.61. The van der Waals surface area contributed by atoms with E-state index in [4.69, 9.17) is 0 Å². The minimum Gasteiger partial charge on any atom is -0.348 e. The largest absolute Gasteiger partial charge is 0.348 e. The van der Waals surface area contributed by atoms with Gasteiger partial charge in [0.2, 0.25) is 5.91 Å². The molecule has 1 aliphatic rings. The van der Waals surface area contributed by atoms with Crippen molar-refractivity contribution in [2.75, 3.05) is 16.4 Å². The Bertz CT molecular complexity index is 238. The van der Waals surface area contributed by atoms with Gasteiger partial charge >= 0.3 is 0 Å². The van der Waals surface area contributed by atoms with Crippen molar-refractivity contribution in [3.63, 3.8) is 0 Å². The lowest BCUT2D eigenvalue weighted by Crippen LogP contribution is -2.54. The molecule has 0 radical (unpaired) electrons. The van der Waals surface area contributed by atoms with Crippen LogP contribution in [0.25, 0.3) is 0 Å². The van der Waals surface area contributed by atoms with E-state index in [0.717, 1.165) is 29.3 Å². The summed E-state index contributed by atoms with van der Waals surface area (Å²) in [7, 11) is 0. The number of carbonyl (C=O) groups excluding carboxylic acids is 1. The third-order valence-electron chi connectivity index (χ3n) is 2.70. The van der Waals surface area contributed by atoms with E-state index < -0.39 is 0 Å². The highest BCUT2D eigenvalue weighted by Crippen LogP contribution is 2.38. The molecule has 1 atom stereocenters. The van der Waals surface area contributed by atoms with Gasteiger partial charge in [0.1, 0.15) is 0 Å². The normalized spacial score (nSPS) is 26.7. The van der Waals surface area contributed by atoms with Crippen LogP contribution in [0.3, 0.4) is 0 Å². The van der Waals surface area contributed by atoms with E-state index in [1.807, 2.05) is 13.8 Å². The molecule has 0 aromatic rings. The monoisotopic (exact) mass is 357 g/mol. The first-order valence-electron chi connectivity index (χ1n) is 5.04.